The van der Waals surface area contributed by atoms with Crippen molar-refractivity contribution < 1.29 is 9.13 Å². The van der Waals surface area contributed by atoms with Crippen LogP contribution in [0.5, 0.6) is 5.75 Å². The number of aromatic nitrogens is 4. The quantitative estimate of drug-likeness (QED) is 0.360. The minimum absolute atomic E-state index is 0.298. The Hall–Kier alpha value is -3.32. The predicted octanol–water partition coefficient (Wildman–Crippen LogP) is 5.39. The zero-order valence-corrected chi connectivity index (χ0v) is 20.7. The summed E-state index contributed by atoms with van der Waals surface area (Å²) in [6.45, 7) is 9.41. The lowest BCUT2D eigenvalue weighted by molar-refractivity contribution is 0.213. The summed E-state index contributed by atoms with van der Waals surface area (Å²) >= 11 is 0. The van der Waals surface area contributed by atoms with Crippen LogP contribution >= 0.6 is 0 Å². The molecule has 0 atom stereocenters. The summed E-state index contributed by atoms with van der Waals surface area (Å²) in [5, 5.41) is 14.9. The molecule has 5 rings (SSSR count). The van der Waals surface area contributed by atoms with Crippen LogP contribution in [-0.2, 0) is 6.42 Å². The van der Waals surface area contributed by atoms with Crippen LogP contribution in [0.15, 0.2) is 48.5 Å². The average molecular weight is 474 g/mol. The third-order valence-electron chi connectivity index (χ3n) is 7.02. The Morgan fingerprint density at radius 1 is 1.03 bits per heavy atom. The summed E-state index contributed by atoms with van der Waals surface area (Å²) in [6, 6.07) is 15.6. The van der Waals surface area contributed by atoms with Gasteiger partial charge in [0.15, 0.2) is 5.82 Å². The van der Waals surface area contributed by atoms with Gasteiger partial charge in [0.2, 0.25) is 0 Å². The smallest absolute Gasteiger partial charge is 0.152 e. The predicted molar refractivity (Wildman–Crippen MR) is 136 cm³/mol. The van der Waals surface area contributed by atoms with Crippen LogP contribution in [0.4, 0.5) is 4.39 Å². The van der Waals surface area contributed by atoms with Gasteiger partial charge in [-0.3, -0.25) is 0 Å². The molecule has 2 aromatic heterocycles. The average Bonchev–Trinajstić information content (AvgIpc) is 3.22. The molecule has 0 aliphatic carbocycles. The zero-order valence-electron chi connectivity index (χ0n) is 20.7. The fraction of sp³-hybridized carbons (Fsp3) is 0.393. The highest BCUT2D eigenvalue weighted by atomic mass is 19.1. The molecule has 2 aromatic carbocycles. The number of ether oxygens (including phenoxy) is 1. The van der Waals surface area contributed by atoms with Crippen molar-refractivity contribution in [1.82, 2.24) is 24.9 Å². The minimum atomic E-state index is -0.362. The van der Waals surface area contributed by atoms with Gasteiger partial charge < -0.3 is 9.64 Å². The van der Waals surface area contributed by atoms with Gasteiger partial charge in [-0.1, -0.05) is 30.3 Å². The number of rotatable bonds is 7. The topological polar surface area (TPSA) is 56.1 Å². The lowest BCUT2D eigenvalue weighted by Gasteiger charge is -2.31. The van der Waals surface area contributed by atoms with Crippen molar-refractivity contribution in [3.8, 4) is 11.4 Å². The first-order valence-electron chi connectivity index (χ1n) is 12.5. The summed E-state index contributed by atoms with van der Waals surface area (Å²) in [5.41, 5.74) is 5.25. The number of benzene rings is 2. The van der Waals surface area contributed by atoms with E-state index in [4.69, 9.17) is 9.84 Å². The lowest BCUT2D eigenvalue weighted by atomic mass is 9.91. The zero-order chi connectivity index (χ0) is 24.4. The number of piperidine rings is 1. The highest BCUT2D eigenvalue weighted by Gasteiger charge is 2.27. The minimum Gasteiger partial charge on any atom is -0.494 e. The molecule has 1 fully saturated rings. The first-order valence-corrected chi connectivity index (χ1v) is 12.5. The molecule has 0 saturated carbocycles. The first-order chi connectivity index (χ1) is 17.0. The molecular formula is C28H32FN5O. The van der Waals surface area contributed by atoms with Crippen LogP contribution in [0.1, 0.15) is 48.3 Å². The van der Waals surface area contributed by atoms with Crippen molar-refractivity contribution in [1.29, 1.82) is 0 Å². The van der Waals surface area contributed by atoms with Crippen molar-refractivity contribution in [3.05, 3.63) is 77.0 Å². The summed E-state index contributed by atoms with van der Waals surface area (Å²) < 4.78 is 22.1. The van der Waals surface area contributed by atoms with E-state index in [0.717, 1.165) is 66.9 Å². The first kappa shape index (κ1) is 23.4. The molecule has 0 spiro atoms. The maximum absolute atomic E-state index is 15.0. The normalized spacial score (nSPS) is 15.1. The van der Waals surface area contributed by atoms with Crippen molar-refractivity contribution in [2.45, 2.75) is 46.0 Å². The molecule has 1 aliphatic rings. The summed E-state index contributed by atoms with van der Waals surface area (Å²) in [6.07, 6.45) is 3.10. The van der Waals surface area contributed by atoms with Crippen molar-refractivity contribution in [2.24, 2.45) is 0 Å². The molecule has 35 heavy (non-hydrogen) atoms. The number of aryl methyl sites for hydroxylation is 2. The van der Waals surface area contributed by atoms with Gasteiger partial charge in [-0.05, 0) is 70.8 Å². The number of hydrogen-bond donors (Lipinski definition) is 0. The molecule has 182 valence electrons. The molecule has 0 unspecified atom stereocenters. The third-order valence-corrected chi connectivity index (χ3v) is 7.02. The van der Waals surface area contributed by atoms with E-state index in [0.29, 0.717) is 24.0 Å². The van der Waals surface area contributed by atoms with Crippen LogP contribution in [0.25, 0.3) is 16.6 Å². The standard InChI is InChI=1S/C28H32FN5O/c1-4-35-23-10-11-25(24(29)18-23)34-20(3)26-19(2)30-31-27(28(26)32-34)22-13-16-33(17-14-22)15-12-21-8-6-5-7-9-21/h5-11,18,22H,4,12-17H2,1-3H3. The van der Waals surface area contributed by atoms with E-state index in [1.165, 1.54) is 11.6 Å². The molecule has 3 heterocycles. The molecule has 1 aliphatic heterocycles. The second-order valence-electron chi connectivity index (χ2n) is 9.29. The van der Waals surface area contributed by atoms with E-state index in [-0.39, 0.29) is 5.82 Å². The number of hydrogen-bond acceptors (Lipinski definition) is 5. The Bertz CT molecular complexity index is 1310. The van der Waals surface area contributed by atoms with Gasteiger partial charge in [0.05, 0.1) is 23.7 Å². The van der Waals surface area contributed by atoms with Crippen LogP contribution < -0.4 is 4.74 Å². The molecule has 4 aromatic rings. The number of halogens is 1. The molecule has 0 bridgehead atoms. The number of nitrogens with zero attached hydrogens (tertiary/aromatic N) is 5. The monoisotopic (exact) mass is 473 g/mol. The van der Waals surface area contributed by atoms with Crippen molar-refractivity contribution in [3.63, 3.8) is 0 Å². The van der Waals surface area contributed by atoms with Gasteiger partial charge in [0.25, 0.3) is 0 Å². The van der Waals surface area contributed by atoms with E-state index in [1.54, 1.807) is 16.8 Å². The van der Waals surface area contributed by atoms with Crippen LogP contribution in [0.2, 0.25) is 0 Å². The van der Waals surface area contributed by atoms with Gasteiger partial charge in [-0.25, -0.2) is 9.07 Å². The molecular weight excluding hydrogens is 441 g/mol. The van der Waals surface area contributed by atoms with E-state index in [1.807, 2.05) is 20.8 Å². The Morgan fingerprint density at radius 3 is 2.51 bits per heavy atom. The summed E-state index contributed by atoms with van der Waals surface area (Å²) in [4.78, 5) is 2.53. The number of fused-ring (bicyclic) bond motifs is 1. The molecule has 0 N–H and O–H groups in total. The Labute approximate surface area is 205 Å². The Kier molecular flexibility index (Phi) is 6.77. The maximum Gasteiger partial charge on any atom is 0.152 e. The van der Waals surface area contributed by atoms with Crippen LogP contribution in [0, 0.1) is 19.7 Å². The van der Waals surface area contributed by atoms with Gasteiger partial charge in [0, 0.05) is 23.9 Å². The van der Waals surface area contributed by atoms with Gasteiger partial charge in [0.1, 0.15) is 17.0 Å². The SMILES string of the molecule is CCOc1ccc(-n2nc3c(C4CCN(CCc5ccccc5)CC4)nnc(C)c3c2C)c(F)c1. The molecule has 0 amide bonds. The number of likely N-dealkylation sites (tertiary alicyclic amines) is 1. The third kappa shape index (κ3) is 4.78. The fourth-order valence-electron chi connectivity index (χ4n) is 5.13. The van der Waals surface area contributed by atoms with E-state index in [2.05, 4.69) is 45.4 Å². The van der Waals surface area contributed by atoms with Crippen LogP contribution in [-0.4, -0.2) is 51.1 Å². The van der Waals surface area contributed by atoms with Gasteiger partial charge in [-0.2, -0.15) is 15.3 Å². The van der Waals surface area contributed by atoms with Crippen molar-refractivity contribution in [2.75, 3.05) is 26.2 Å². The Balaban J connectivity index is 1.38. The molecule has 0 radical (unpaired) electrons. The van der Waals surface area contributed by atoms with Crippen molar-refractivity contribution >= 4 is 10.9 Å². The maximum atomic E-state index is 15.0. The second kappa shape index (κ2) is 10.1. The Morgan fingerprint density at radius 2 is 1.80 bits per heavy atom. The van der Waals surface area contributed by atoms with E-state index < -0.39 is 0 Å². The molecule has 1 saturated heterocycles. The lowest BCUT2D eigenvalue weighted by Crippen LogP contribution is -2.34. The second-order valence-corrected chi connectivity index (χ2v) is 9.29. The summed E-state index contributed by atoms with van der Waals surface area (Å²) in [5.74, 6) is 0.451. The van der Waals surface area contributed by atoms with Gasteiger partial charge in [-0.15, -0.1) is 0 Å². The largest absolute Gasteiger partial charge is 0.494 e. The highest BCUT2D eigenvalue weighted by molar-refractivity contribution is 5.86. The van der Waals surface area contributed by atoms with E-state index >= 15 is 0 Å². The molecule has 7 heteroatoms. The van der Waals surface area contributed by atoms with Crippen LogP contribution in [0.3, 0.4) is 0 Å². The van der Waals surface area contributed by atoms with Gasteiger partial charge >= 0.3 is 0 Å². The van der Waals surface area contributed by atoms with E-state index in [9.17, 15) is 4.39 Å². The summed E-state index contributed by atoms with van der Waals surface area (Å²) in [7, 11) is 0. The molecule has 6 nitrogen and oxygen atoms in total. The fourth-order valence-corrected chi connectivity index (χ4v) is 5.13. The highest BCUT2D eigenvalue weighted by Crippen LogP contribution is 2.34.